The lowest BCUT2D eigenvalue weighted by molar-refractivity contribution is 0.0783. The number of hydrogen-bond donors (Lipinski definition) is 1. The van der Waals surface area contributed by atoms with Gasteiger partial charge in [0.05, 0.1) is 28.6 Å². The maximum Gasteiger partial charge on any atom is 0.218 e. The summed E-state index contributed by atoms with van der Waals surface area (Å²) in [6.45, 7) is 7.38. The molecule has 0 bridgehead atoms. The van der Waals surface area contributed by atoms with Crippen molar-refractivity contribution in [3.05, 3.63) is 70.9 Å². The lowest BCUT2D eigenvalue weighted by Crippen LogP contribution is -2.42. The molecule has 0 fully saturated rings. The smallest absolute Gasteiger partial charge is 0.218 e. The van der Waals surface area contributed by atoms with Crippen molar-refractivity contribution in [2.45, 2.75) is 38.8 Å². The highest BCUT2D eigenvalue weighted by Gasteiger charge is 2.43. The summed E-state index contributed by atoms with van der Waals surface area (Å²) in [5.41, 5.74) is 9.63. The summed E-state index contributed by atoms with van der Waals surface area (Å²) in [6, 6.07) is 10.2. The number of ether oxygens (including phenoxy) is 1. The van der Waals surface area contributed by atoms with E-state index in [-0.39, 0.29) is 11.1 Å². The van der Waals surface area contributed by atoms with Crippen molar-refractivity contribution < 1.29 is 9.13 Å². The van der Waals surface area contributed by atoms with Crippen LogP contribution in [-0.4, -0.2) is 38.3 Å². The van der Waals surface area contributed by atoms with Crippen molar-refractivity contribution in [2.24, 2.45) is 5.73 Å². The third-order valence-electron chi connectivity index (χ3n) is 6.59. The Labute approximate surface area is 202 Å². The Morgan fingerprint density at radius 2 is 2.06 bits per heavy atom. The van der Waals surface area contributed by atoms with Crippen LogP contribution in [0.5, 0.6) is 5.88 Å². The van der Waals surface area contributed by atoms with Crippen LogP contribution in [0.25, 0.3) is 16.8 Å². The van der Waals surface area contributed by atoms with E-state index in [0.29, 0.717) is 35.8 Å². The molecule has 1 aliphatic rings. The first-order valence-electron chi connectivity index (χ1n) is 11.3. The van der Waals surface area contributed by atoms with E-state index in [1.54, 1.807) is 29.0 Å². The Balaban J connectivity index is 1.48. The summed E-state index contributed by atoms with van der Waals surface area (Å²) < 4.78 is 22.1. The predicted octanol–water partition coefficient (Wildman–Crippen LogP) is 4.96. The van der Waals surface area contributed by atoms with Crippen LogP contribution >= 0.6 is 11.6 Å². The van der Waals surface area contributed by atoms with E-state index in [1.807, 2.05) is 32.0 Å². The average Bonchev–Trinajstić information content (AvgIpc) is 3.40. The number of hydrogen-bond acceptors (Lipinski definition) is 6. The van der Waals surface area contributed by atoms with Gasteiger partial charge in [0.25, 0.3) is 0 Å². The summed E-state index contributed by atoms with van der Waals surface area (Å²) in [5, 5.41) is 4.56. The SMILES string of the molecule is CCN(CCC1(C)Oc2ncccc2[C@H]1N)c1nc(C)c(-c2cccc(F)c2Cl)n2nccc12. The number of benzene rings is 1. The van der Waals surface area contributed by atoms with Gasteiger partial charge in [0, 0.05) is 36.8 Å². The molecule has 5 rings (SSSR count). The maximum atomic E-state index is 14.2. The molecule has 4 heterocycles. The zero-order valence-corrected chi connectivity index (χ0v) is 20.1. The fraction of sp³-hybridized carbons (Fsp3) is 0.320. The van der Waals surface area contributed by atoms with Crippen LogP contribution in [0.2, 0.25) is 5.02 Å². The molecule has 7 nitrogen and oxygen atoms in total. The van der Waals surface area contributed by atoms with Gasteiger partial charge >= 0.3 is 0 Å². The number of nitrogens with zero attached hydrogens (tertiary/aromatic N) is 5. The molecule has 0 aliphatic carbocycles. The second-order valence-corrected chi connectivity index (χ2v) is 9.10. The molecule has 0 amide bonds. The lowest BCUT2D eigenvalue weighted by atomic mass is 9.90. The number of aromatic nitrogens is 4. The van der Waals surface area contributed by atoms with Crippen molar-refractivity contribution in [2.75, 3.05) is 18.0 Å². The van der Waals surface area contributed by atoms with Crippen LogP contribution < -0.4 is 15.4 Å². The van der Waals surface area contributed by atoms with Gasteiger partial charge < -0.3 is 15.4 Å². The molecule has 1 unspecified atom stereocenters. The van der Waals surface area contributed by atoms with Crippen LogP contribution in [0.15, 0.2) is 48.8 Å². The molecule has 2 N–H and O–H groups in total. The summed E-state index contributed by atoms with van der Waals surface area (Å²) in [6.07, 6.45) is 4.10. The summed E-state index contributed by atoms with van der Waals surface area (Å²) in [7, 11) is 0. The summed E-state index contributed by atoms with van der Waals surface area (Å²) >= 11 is 6.30. The Morgan fingerprint density at radius 3 is 2.82 bits per heavy atom. The van der Waals surface area contributed by atoms with Crippen LogP contribution in [0.1, 0.15) is 37.6 Å². The third-order valence-corrected chi connectivity index (χ3v) is 6.97. The first-order chi connectivity index (χ1) is 16.3. The molecule has 4 aromatic rings. The second kappa shape index (κ2) is 8.52. The molecule has 34 heavy (non-hydrogen) atoms. The Bertz CT molecular complexity index is 1380. The van der Waals surface area contributed by atoms with Crippen LogP contribution in [0.3, 0.4) is 0 Å². The van der Waals surface area contributed by atoms with Crippen molar-refractivity contribution >= 4 is 22.9 Å². The fourth-order valence-corrected chi connectivity index (χ4v) is 4.83. The van der Waals surface area contributed by atoms with E-state index < -0.39 is 11.4 Å². The van der Waals surface area contributed by atoms with Gasteiger partial charge in [-0.15, -0.1) is 0 Å². The number of rotatable bonds is 6. The van der Waals surface area contributed by atoms with E-state index in [0.717, 1.165) is 23.4 Å². The van der Waals surface area contributed by atoms with E-state index in [4.69, 9.17) is 27.1 Å². The van der Waals surface area contributed by atoms with Crippen molar-refractivity contribution in [3.63, 3.8) is 0 Å². The Hall–Kier alpha value is -3.23. The van der Waals surface area contributed by atoms with Gasteiger partial charge in [-0.05, 0) is 39.0 Å². The van der Waals surface area contributed by atoms with Gasteiger partial charge in [-0.25, -0.2) is 18.9 Å². The molecule has 3 aromatic heterocycles. The van der Waals surface area contributed by atoms with E-state index >= 15 is 0 Å². The van der Waals surface area contributed by atoms with Crippen LogP contribution in [0, 0.1) is 12.7 Å². The first-order valence-corrected chi connectivity index (χ1v) is 11.6. The monoisotopic (exact) mass is 480 g/mol. The molecule has 9 heteroatoms. The van der Waals surface area contributed by atoms with Crippen LogP contribution in [0.4, 0.5) is 10.2 Å². The maximum absolute atomic E-state index is 14.2. The summed E-state index contributed by atoms with van der Waals surface area (Å²) in [5.74, 6) is 0.915. The Kier molecular flexibility index (Phi) is 5.65. The summed E-state index contributed by atoms with van der Waals surface area (Å²) in [4.78, 5) is 11.4. The topological polar surface area (TPSA) is 81.6 Å². The number of aryl methyl sites for hydroxylation is 1. The fourth-order valence-electron chi connectivity index (χ4n) is 4.62. The van der Waals surface area contributed by atoms with E-state index in [9.17, 15) is 4.39 Å². The van der Waals surface area contributed by atoms with Gasteiger partial charge in [0.2, 0.25) is 5.88 Å². The molecule has 1 aromatic carbocycles. The van der Waals surface area contributed by atoms with Crippen molar-refractivity contribution in [1.29, 1.82) is 0 Å². The number of fused-ring (bicyclic) bond motifs is 2. The zero-order valence-electron chi connectivity index (χ0n) is 19.3. The number of nitrogens with two attached hydrogens (primary N) is 1. The minimum absolute atomic E-state index is 0.0535. The number of halogens is 2. The largest absolute Gasteiger partial charge is 0.469 e. The molecule has 0 radical (unpaired) electrons. The minimum atomic E-state index is -0.579. The molecule has 1 aliphatic heterocycles. The average molecular weight is 481 g/mol. The predicted molar refractivity (Wildman–Crippen MR) is 131 cm³/mol. The molecular formula is C25H26ClFN6O. The number of pyridine rings is 1. The lowest BCUT2D eigenvalue weighted by Gasteiger charge is -2.32. The molecule has 176 valence electrons. The number of anilines is 1. The van der Waals surface area contributed by atoms with E-state index in [1.165, 1.54) is 6.07 Å². The highest BCUT2D eigenvalue weighted by atomic mass is 35.5. The molecule has 0 saturated carbocycles. The third kappa shape index (κ3) is 3.58. The zero-order chi connectivity index (χ0) is 24.0. The van der Waals surface area contributed by atoms with Gasteiger partial charge in [-0.3, -0.25) is 0 Å². The normalized spacial score (nSPS) is 19.3. The van der Waals surface area contributed by atoms with Crippen molar-refractivity contribution in [1.82, 2.24) is 19.6 Å². The first kappa shape index (κ1) is 22.6. The second-order valence-electron chi connectivity index (χ2n) is 8.72. The van der Waals surface area contributed by atoms with E-state index in [2.05, 4.69) is 21.9 Å². The minimum Gasteiger partial charge on any atom is -0.469 e. The van der Waals surface area contributed by atoms with Crippen molar-refractivity contribution in [3.8, 4) is 17.1 Å². The molecule has 0 spiro atoms. The molecule has 2 atom stereocenters. The molecule has 0 saturated heterocycles. The standard InChI is InChI=1S/C25H26ClFN6O/c1-4-32(14-11-25(3)22(28)17-8-6-12-29-24(17)34-25)23-19-10-13-30-33(19)21(15(2)31-23)16-7-5-9-18(27)20(16)26/h5-10,12-13,22H,4,11,14,28H2,1-3H3/t22-,25?/m1/s1. The van der Waals surface area contributed by atoms with Gasteiger partial charge in [-0.2, -0.15) is 5.10 Å². The highest BCUT2D eigenvalue weighted by molar-refractivity contribution is 6.33. The Morgan fingerprint density at radius 1 is 1.24 bits per heavy atom. The highest BCUT2D eigenvalue weighted by Crippen LogP contribution is 2.42. The van der Waals surface area contributed by atoms with Gasteiger partial charge in [-0.1, -0.05) is 29.8 Å². The van der Waals surface area contributed by atoms with Gasteiger partial charge in [0.1, 0.15) is 16.9 Å². The quantitative estimate of drug-likeness (QED) is 0.420. The van der Waals surface area contributed by atoms with Gasteiger partial charge in [0.15, 0.2) is 5.82 Å². The molecular weight excluding hydrogens is 455 g/mol. The van der Waals surface area contributed by atoms with Crippen LogP contribution in [-0.2, 0) is 0 Å².